The molecule has 0 aliphatic rings. The van der Waals surface area contributed by atoms with Crippen molar-refractivity contribution >= 4 is 5.90 Å². The minimum atomic E-state index is 0.391. The third kappa shape index (κ3) is 5.13. The van der Waals surface area contributed by atoms with E-state index in [2.05, 4.69) is 23.7 Å². The highest BCUT2D eigenvalue weighted by atomic mass is 16.3. The standard InChI is InChI=1S/C9H20N2O/c1-4-9(12)10-7-8-11(5-2)6-3/h4-8H2,1-3H3,(H,10,12)/p+1. The Bertz CT molecular complexity index is 130. The van der Waals surface area contributed by atoms with E-state index in [1.165, 1.54) is 0 Å². The van der Waals surface area contributed by atoms with E-state index in [0.29, 0.717) is 12.3 Å². The molecule has 0 aromatic carbocycles. The number of hydrogen-bond acceptors (Lipinski definition) is 1. The molecule has 0 radical (unpaired) electrons. The summed E-state index contributed by atoms with van der Waals surface area (Å²) >= 11 is 0. The Morgan fingerprint density at radius 3 is 2.25 bits per heavy atom. The van der Waals surface area contributed by atoms with Crippen LogP contribution in [0.25, 0.3) is 0 Å². The summed E-state index contributed by atoms with van der Waals surface area (Å²) in [5, 5.41) is 9.10. The van der Waals surface area contributed by atoms with Crippen LogP contribution in [0.15, 0.2) is 0 Å². The zero-order valence-electron chi connectivity index (χ0n) is 8.43. The molecule has 0 saturated carbocycles. The lowest BCUT2D eigenvalue weighted by Gasteiger charge is -2.14. The highest BCUT2D eigenvalue weighted by Gasteiger charge is 2.01. The van der Waals surface area contributed by atoms with Crippen molar-refractivity contribution in [3.63, 3.8) is 0 Å². The highest BCUT2D eigenvalue weighted by Crippen LogP contribution is 1.81. The van der Waals surface area contributed by atoms with Crippen LogP contribution < -0.4 is 4.99 Å². The number of aliphatic hydroxyl groups excluding tert-OH is 1. The molecule has 0 amide bonds. The molecule has 0 fully saturated rings. The monoisotopic (exact) mass is 173 g/mol. The highest BCUT2D eigenvalue weighted by molar-refractivity contribution is 5.66. The van der Waals surface area contributed by atoms with Crippen molar-refractivity contribution in [1.29, 1.82) is 0 Å². The largest absolute Gasteiger partial charge is 0.464 e. The maximum atomic E-state index is 9.10. The van der Waals surface area contributed by atoms with Crippen molar-refractivity contribution in [1.82, 2.24) is 4.90 Å². The van der Waals surface area contributed by atoms with E-state index in [1.807, 2.05) is 6.92 Å². The molecule has 0 aromatic rings. The summed E-state index contributed by atoms with van der Waals surface area (Å²) in [7, 11) is 0. The Morgan fingerprint density at radius 1 is 1.25 bits per heavy atom. The van der Waals surface area contributed by atoms with Crippen LogP contribution in [0.4, 0.5) is 0 Å². The molecule has 2 N–H and O–H groups in total. The van der Waals surface area contributed by atoms with E-state index >= 15 is 0 Å². The first-order valence-corrected chi connectivity index (χ1v) is 4.75. The first kappa shape index (κ1) is 11.4. The number of likely N-dealkylation sites (N-methyl/N-ethyl adjacent to an activating group) is 1. The maximum absolute atomic E-state index is 9.10. The van der Waals surface area contributed by atoms with Crippen molar-refractivity contribution in [2.24, 2.45) is 0 Å². The number of hydrogen-bond donors (Lipinski definition) is 2. The van der Waals surface area contributed by atoms with Gasteiger partial charge in [-0.25, -0.2) is 4.99 Å². The molecule has 3 nitrogen and oxygen atoms in total. The van der Waals surface area contributed by atoms with Gasteiger partial charge in [0.1, 0.15) is 0 Å². The maximum Gasteiger partial charge on any atom is 0.331 e. The second-order valence-electron chi connectivity index (χ2n) is 2.75. The summed E-state index contributed by atoms with van der Waals surface area (Å²) < 4.78 is 0. The average molecular weight is 173 g/mol. The van der Waals surface area contributed by atoms with Crippen LogP contribution in [0.1, 0.15) is 27.2 Å². The lowest BCUT2D eigenvalue weighted by molar-refractivity contribution is -0.468. The zero-order chi connectivity index (χ0) is 9.40. The van der Waals surface area contributed by atoms with Gasteiger partial charge in [-0.3, -0.25) is 4.90 Å². The Labute approximate surface area is 75.1 Å². The van der Waals surface area contributed by atoms with Gasteiger partial charge in [0.2, 0.25) is 0 Å². The van der Waals surface area contributed by atoms with Crippen molar-refractivity contribution in [2.75, 3.05) is 26.2 Å². The Hall–Kier alpha value is -0.570. The molecule has 12 heavy (non-hydrogen) atoms. The van der Waals surface area contributed by atoms with Gasteiger partial charge in [0, 0.05) is 0 Å². The summed E-state index contributed by atoms with van der Waals surface area (Å²) in [6.07, 6.45) is 0.693. The van der Waals surface area contributed by atoms with Gasteiger partial charge in [0.05, 0.1) is 13.0 Å². The number of aliphatic hydroxyl groups is 1. The second-order valence-corrected chi connectivity index (χ2v) is 2.75. The molecule has 0 saturated heterocycles. The van der Waals surface area contributed by atoms with Crippen molar-refractivity contribution < 1.29 is 10.1 Å². The van der Waals surface area contributed by atoms with E-state index < -0.39 is 0 Å². The molecule has 0 unspecified atom stereocenters. The summed E-state index contributed by atoms with van der Waals surface area (Å²) in [4.78, 5) is 5.28. The van der Waals surface area contributed by atoms with Gasteiger partial charge in [0.15, 0.2) is 6.54 Å². The molecule has 0 atom stereocenters. The smallest absolute Gasteiger partial charge is 0.331 e. The molecule has 72 valence electrons. The molecule has 3 heteroatoms. The molecular weight excluding hydrogens is 152 g/mol. The van der Waals surface area contributed by atoms with Gasteiger partial charge in [-0.05, 0) is 13.1 Å². The molecule has 0 heterocycles. The van der Waals surface area contributed by atoms with E-state index in [1.54, 1.807) is 0 Å². The molecule has 0 aliphatic carbocycles. The SMILES string of the molecule is CCC(O)=[NH+]CCN(CC)CC. The van der Waals surface area contributed by atoms with Crippen molar-refractivity contribution in [3.8, 4) is 0 Å². The van der Waals surface area contributed by atoms with Crippen molar-refractivity contribution in [2.45, 2.75) is 27.2 Å². The summed E-state index contributed by atoms with van der Waals surface area (Å²) in [6.45, 7) is 10.2. The van der Waals surface area contributed by atoms with Gasteiger partial charge >= 0.3 is 5.90 Å². The Balaban J connectivity index is 3.53. The van der Waals surface area contributed by atoms with Crippen molar-refractivity contribution in [3.05, 3.63) is 0 Å². The van der Waals surface area contributed by atoms with Crippen LogP contribution in [0.5, 0.6) is 0 Å². The molecule has 0 aliphatic heterocycles. The Morgan fingerprint density at radius 2 is 1.83 bits per heavy atom. The minimum Gasteiger partial charge on any atom is -0.464 e. The first-order chi connectivity index (χ1) is 5.74. The van der Waals surface area contributed by atoms with Crippen LogP contribution in [0.2, 0.25) is 0 Å². The molecule has 0 aromatic heterocycles. The third-order valence-corrected chi connectivity index (χ3v) is 1.99. The first-order valence-electron chi connectivity index (χ1n) is 4.75. The number of rotatable bonds is 6. The lowest BCUT2D eigenvalue weighted by Crippen LogP contribution is -2.75. The summed E-state index contributed by atoms with van der Waals surface area (Å²) in [5.74, 6) is 0.391. The van der Waals surface area contributed by atoms with Crippen LogP contribution >= 0.6 is 0 Å². The predicted octanol–water partition coefficient (Wildman–Crippen LogP) is -0.225. The van der Waals surface area contributed by atoms with E-state index in [-0.39, 0.29) is 0 Å². The van der Waals surface area contributed by atoms with Gasteiger partial charge in [0.25, 0.3) is 0 Å². The van der Waals surface area contributed by atoms with Crippen LogP contribution in [0, 0.1) is 0 Å². The average Bonchev–Trinajstić information content (AvgIpc) is 2.12. The molecule has 0 bridgehead atoms. The van der Waals surface area contributed by atoms with Gasteiger partial charge in [-0.15, -0.1) is 0 Å². The number of nitrogens with one attached hydrogen (secondary N) is 1. The Kier molecular flexibility index (Phi) is 6.76. The van der Waals surface area contributed by atoms with E-state index in [9.17, 15) is 0 Å². The van der Waals surface area contributed by atoms with Gasteiger partial charge < -0.3 is 5.11 Å². The van der Waals surface area contributed by atoms with E-state index in [4.69, 9.17) is 5.11 Å². The fourth-order valence-electron chi connectivity index (χ4n) is 1.02. The fraction of sp³-hybridized carbons (Fsp3) is 0.889. The normalized spacial score (nSPS) is 12.5. The summed E-state index contributed by atoms with van der Waals surface area (Å²) in [6, 6.07) is 0. The zero-order valence-corrected chi connectivity index (χ0v) is 8.43. The molecular formula is C9H21N2O+. The molecule has 0 rings (SSSR count). The quantitative estimate of drug-likeness (QED) is 0.430. The van der Waals surface area contributed by atoms with Crippen LogP contribution in [-0.2, 0) is 0 Å². The summed E-state index contributed by atoms with van der Waals surface area (Å²) in [5.41, 5.74) is 0. The topological polar surface area (TPSA) is 37.4 Å². The van der Waals surface area contributed by atoms with Gasteiger partial charge in [-0.2, -0.15) is 0 Å². The fourth-order valence-corrected chi connectivity index (χ4v) is 1.02. The lowest BCUT2D eigenvalue weighted by atomic mass is 10.4. The van der Waals surface area contributed by atoms with E-state index in [0.717, 1.165) is 26.2 Å². The minimum absolute atomic E-state index is 0.391. The molecule has 0 spiro atoms. The number of nitrogens with zero attached hydrogens (tertiary/aromatic N) is 1. The van der Waals surface area contributed by atoms with Crippen LogP contribution in [-0.4, -0.2) is 42.1 Å². The third-order valence-electron chi connectivity index (χ3n) is 1.99. The van der Waals surface area contributed by atoms with Crippen LogP contribution in [0.3, 0.4) is 0 Å². The van der Waals surface area contributed by atoms with Gasteiger partial charge in [-0.1, -0.05) is 20.8 Å². The predicted molar refractivity (Wildman–Crippen MR) is 51.5 cm³/mol. The second kappa shape index (κ2) is 7.10.